The summed E-state index contributed by atoms with van der Waals surface area (Å²) in [6, 6.07) is 0. The van der Waals surface area contributed by atoms with Gasteiger partial charge in [0.15, 0.2) is 6.10 Å². The van der Waals surface area contributed by atoms with E-state index in [1.165, 1.54) is 218 Å². The lowest BCUT2D eigenvalue weighted by Gasteiger charge is -2.18. The molecule has 0 unspecified atom stereocenters. The van der Waals surface area contributed by atoms with Crippen molar-refractivity contribution >= 4 is 17.9 Å². The van der Waals surface area contributed by atoms with Crippen LogP contribution in [0.25, 0.3) is 0 Å². The second-order valence-corrected chi connectivity index (χ2v) is 21.0. The first-order chi connectivity index (χ1) is 35.0. The Hall–Kier alpha value is -2.63. The summed E-state index contributed by atoms with van der Waals surface area (Å²) in [5.74, 6) is -0.872. The van der Waals surface area contributed by atoms with E-state index >= 15 is 0 Å². The van der Waals surface area contributed by atoms with Crippen LogP contribution >= 0.6 is 0 Å². The van der Waals surface area contributed by atoms with Crippen LogP contribution in [0.5, 0.6) is 0 Å². The molecule has 0 aliphatic carbocycles. The summed E-state index contributed by atoms with van der Waals surface area (Å²) in [5.41, 5.74) is 0. The minimum absolute atomic E-state index is 0.0759. The average molecular weight is 996 g/mol. The molecule has 0 bridgehead atoms. The Kier molecular flexibility index (Phi) is 57.7. The molecule has 0 radical (unpaired) electrons. The minimum atomic E-state index is -0.779. The van der Waals surface area contributed by atoms with E-state index in [-0.39, 0.29) is 31.1 Å². The lowest BCUT2D eigenvalue weighted by Crippen LogP contribution is -2.30. The second-order valence-electron chi connectivity index (χ2n) is 21.0. The van der Waals surface area contributed by atoms with Gasteiger partial charge in [0.1, 0.15) is 13.2 Å². The Labute approximate surface area is 441 Å². The van der Waals surface area contributed by atoms with Crippen molar-refractivity contribution in [2.75, 3.05) is 13.2 Å². The van der Waals surface area contributed by atoms with E-state index in [9.17, 15) is 14.4 Å². The molecule has 414 valence electrons. The molecule has 0 saturated carbocycles. The topological polar surface area (TPSA) is 78.9 Å². The highest BCUT2D eigenvalue weighted by atomic mass is 16.6. The van der Waals surface area contributed by atoms with Crippen LogP contribution < -0.4 is 0 Å². The molecule has 0 saturated heterocycles. The molecule has 0 aromatic heterocycles. The van der Waals surface area contributed by atoms with E-state index in [2.05, 4.69) is 69.4 Å². The van der Waals surface area contributed by atoms with Gasteiger partial charge < -0.3 is 14.2 Å². The lowest BCUT2D eigenvalue weighted by atomic mass is 10.0. The molecular weight excluding hydrogens is 877 g/mol. The van der Waals surface area contributed by atoms with E-state index in [0.717, 1.165) is 70.6 Å². The van der Waals surface area contributed by atoms with Crippen LogP contribution in [0.2, 0.25) is 0 Å². The molecule has 0 aromatic rings. The zero-order valence-electron chi connectivity index (χ0n) is 47.5. The third-order valence-corrected chi connectivity index (χ3v) is 13.8. The van der Waals surface area contributed by atoms with Gasteiger partial charge in [0.25, 0.3) is 0 Å². The first-order valence-electron chi connectivity index (χ1n) is 31.1. The SMILES string of the molecule is CCCCC/C=C\C/C=C\CCCCCCCCCC(=O)O[C@@H](COC(=O)CCCCCCCCC/C=C\CCCCCC)COC(=O)CCCCCCCCCCCCC/C=C\CCCCCCCC. The van der Waals surface area contributed by atoms with Gasteiger partial charge in [0.05, 0.1) is 0 Å². The lowest BCUT2D eigenvalue weighted by molar-refractivity contribution is -0.167. The number of unbranched alkanes of at least 4 members (excludes halogenated alkanes) is 38. The number of rotatable bonds is 57. The molecule has 0 spiro atoms. The Morgan fingerprint density at radius 2 is 0.507 bits per heavy atom. The van der Waals surface area contributed by atoms with Crippen molar-refractivity contribution in [2.24, 2.45) is 0 Å². The van der Waals surface area contributed by atoms with Gasteiger partial charge in [-0.25, -0.2) is 0 Å². The molecule has 0 amide bonds. The van der Waals surface area contributed by atoms with Gasteiger partial charge in [0, 0.05) is 19.3 Å². The largest absolute Gasteiger partial charge is 0.462 e. The van der Waals surface area contributed by atoms with Gasteiger partial charge in [-0.3, -0.25) is 14.4 Å². The van der Waals surface area contributed by atoms with Crippen LogP contribution in [0.4, 0.5) is 0 Å². The smallest absolute Gasteiger partial charge is 0.306 e. The van der Waals surface area contributed by atoms with Gasteiger partial charge in [-0.1, -0.05) is 256 Å². The van der Waals surface area contributed by atoms with Gasteiger partial charge in [-0.15, -0.1) is 0 Å². The van der Waals surface area contributed by atoms with Crippen molar-refractivity contribution in [3.8, 4) is 0 Å². The summed E-state index contributed by atoms with van der Waals surface area (Å²) in [7, 11) is 0. The van der Waals surface area contributed by atoms with E-state index in [1.54, 1.807) is 0 Å². The Bertz CT molecular complexity index is 1230. The molecule has 0 aliphatic heterocycles. The van der Waals surface area contributed by atoms with E-state index in [0.29, 0.717) is 19.3 Å². The van der Waals surface area contributed by atoms with Gasteiger partial charge in [-0.2, -0.15) is 0 Å². The second kappa shape index (κ2) is 59.9. The Morgan fingerprint density at radius 1 is 0.282 bits per heavy atom. The quantitative estimate of drug-likeness (QED) is 0.0261. The molecule has 6 nitrogen and oxygen atoms in total. The van der Waals surface area contributed by atoms with Crippen molar-refractivity contribution < 1.29 is 28.6 Å². The summed E-state index contributed by atoms with van der Waals surface area (Å²) < 4.78 is 16.9. The predicted molar refractivity (Wildman–Crippen MR) is 307 cm³/mol. The first kappa shape index (κ1) is 68.4. The number of esters is 3. The van der Waals surface area contributed by atoms with E-state index in [1.807, 2.05) is 0 Å². The number of hydrogen-bond acceptors (Lipinski definition) is 6. The van der Waals surface area contributed by atoms with Gasteiger partial charge >= 0.3 is 17.9 Å². The molecule has 0 aliphatic rings. The highest BCUT2D eigenvalue weighted by Crippen LogP contribution is 2.16. The monoisotopic (exact) mass is 995 g/mol. The highest BCUT2D eigenvalue weighted by molar-refractivity contribution is 5.71. The summed E-state index contributed by atoms with van der Waals surface area (Å²) in [4.78, 5) is 38.3. The van der Waals surface area contributed by atoms with Crippen LogP contribution in [-0.2, 0) is 28.6 Å². The van der Waals surface area contributed by atoms with Gasteiger partial charge in [0.2, 0.25) is 0 Å². The minimum Gasteiger partial charge on any atom is -0.462 e. The molecule has 0 N–H and O–H groups in total. The molecule has 0 fully saturated rings. The Balaban J connectivity index is 4.34. The number of ether oxygens (including phenoxy) is 3. The van der Waals surface area contributed by atoms with Crippen molar-refractivity contribution in [2.45, 2.75) is 335 Å². The number of carbonyl (C=O) groups excluding carboxylic acids is 3. The maximum Gasteiger partial charge on any atom is 0.306 e. The summed E-state index contributed by atoms with van der Waals surface area (Å²) >= 11 is 0. The van der Waals surface area contributed by atoms with Crippen molar-refractivity contribution in [3.05, 3.63) is 48.6 Å². The maximum atomic E-state index is 12.9. The summed E-state index contributed by atoms with van der Waals surface area (Å²) in [6.45, 7) is 6.63. The van der Waals surface area contributed by atoms with Crippen LogP contribution in [0.15, 0.2) is 48.6 Å². The molecular formula is C65H118O6. The zero-order valence-corrected chi connectivity index (χ0v) is 47.5. The molecule has 71 heavy (non-hydrogen) atoms. The van der Waals surface area contributed by atoms with Crippen LogP contribution in [0.3, 0.4) is 0 Å². The van der Waals surface area contributed by atoms with Gasteiger partial charge in [-0.05, 0) is 103 Å². The molecule has 0 rings (SSSR count). The van der Waals surface area contributed by atoms with Crippen molar-refractivity contribution in [1.29, 1.82) is 0 Å². The first-order valence-corrected chi connectivity index (χ1v) is 31.1. The van der Waals surface area contributed by atoms with Crippen molar-refractivity contribution in [1.82, 2.24) is 0 Å². The fourth-order valence-electron chi connectivity index (χ4n) is 9.05. The molecule has 0 heterocycles. The number of carbonyl (C=O) groups is 3. The third-order valence-electron chi connectivity index (χ3n) is 13.8. The number of allylic oxidation sites excluding steroid dienone is 8. The average Bonchev–Trinajstić information content (AvgIpc) is 3.37. The summed E-state index contributed by atoms with van der Waals surface area (Å²) in [6.07, 6.45) is 73.9. The van der Waals surface area contributed by atoms with Crippen LogP contribution in [0.1, 0.15) is 329 Å². The van der Waals surface area contributed by atoms with Crippen LogP contribution in [0, 0.1) is 0 Å². The molecule has 0 aromatic carbocycles. The standard InChI is InChI=1S/C65H118O6/c1-4-7-10-13-16-19-22-25-28-30-31-32-33-35-37-40-43-46-49-52-55-58-64(67)70-61-62(60-69-63(66)57-54-51-48-45-42-39-36-27-24-21-18-15-12-9-6-3)71-65(68)59-56-53-50-47-44-41-38-34-29-26-23-20-17-14-11-8-5-2/h17,20-21,24-26,28-29,62H,4-16,18-19,22-23,27,30-61H2,1-3H3/b20-17-,24-21-,28-25-,29-26-/t62-/m0/s1. The highest BCUT2D eigenvalue weighted by Gasteiger charge is 2.19. The zero-order chi connectivity index (χ0) is 51.4. The normalized spacial score (nSPS) is 12.3. The fourth-order valence-corrected chi connectivity index (χ4v) is 9.05. The molecule has 1 atom stereocenters. The summed E-state index contributed by atoms with van der Waals surface area (Å²) in [5, 5.41) is 0. The molecule has 6 heteroatoms. The third kappa shape index (κ3) is 58.1. The predicted octanol–water partition coefficient (Wildman–Crippen LogP) is 21.0. The van der Waals surface area contributed by atoms with E-state index in [4.69, 9.17) is 14.2 Å². The number of hydrogen-bond donors (Lipinski definition) is 0. The van der Waals surface area contributed by atoms with Crippen molar-refractivity contribution in [3.63, 3.8) is 0 Å². The fraction of sp³-hybridized carbons (Fsp3) is 0.831. The van der Waals surface area contributed by atoms with E-state index < -0.39 is 6.10 Å². The maximum absolute atomic E-state index is 12.9. The van der Waals surface area contributed by atoms with Crippen LogP contribution in [-0.4, -0.2) is 37.2 Å². The Morgan fingerprint density at radius 3 is 0.831 bits per heavy atom.